The topological polar surface area (TPSA) is 41.6 Å². The Labute approximate surface area is 136 Å². The smallest absolute Gasteiger partial charge is 0.410 e. The quantitative estimate of drug-likeness (QED) is 0.806. The highest BCUT2D eigenvalue weighted by Crippen LogP contribution is 2.16. The van der Waals surface area contributed by atoms with Crippen LogP contribution < -0.4 is 5.32 Å². The maximum Gasteiger partial charge on any atom is 0.410 e. The van der Waals surface area contributed by atoms with Crippen LogP contribution in [-0.4, -0.2) is 36.7 Å². The van der Waals surface area contributed by atoms with Crippen molar-refractivity contribution in [3.63, 3.8) is 0 Å². The Morgan fingerprint density at radius 3 is 2.68 bits per heavy atom. The number of benzene rings is 1. The molecule has 22 heavy (non-hydrogen) atoms. The maximum absolute atomic E-state index is 12.9. The number of rotatable bonds is 6. The van der Waals surface area contributed by atoms with Crippen molar-refractivity contribution < 1.29 is 13.9 Å². The number of hydrogen-bond donors (Lipinski definition) is 1. The van der Waals surface area contributed by atoms with Crippen molar-refractivity contribution in [3.8, 4) is 0 Å². The third kappa shape index (κ3) is 7.09. The normalized spacial score (nSPS) is 11.4. The van der Waals surface area contributed by atoms with Crippen LogP contribution in [0.15, 0.2) is 18.2 Å². The van der Waals surface area contributed by atoms with Gasteiger partial charge in [0.05, 0.1) is 0 Å². The first-order chi connectivity index (χ1) is 10.2. The minimum Gasteiger partial charge on any atom is -0.444 e. The predicted molar refractivity (Wildman–Crippen MR) is 86.6 cm³/mol. The van der Waals surface area contributed by atoms with Gasteiger partial charge in [0.2, 0.25) is 0 Å². The van der Waals surface area contributed by atoms with Gasteiger partial charge in [0, 0.05) is 25.2 Å². The zero-order valence-electron chi connectivity index (χ0n) is 13.6. The van der Waals surface area contributed by atoms with E-state index in [4.69, 9.17) is 16.3 Å². The van der Waals surface area contributed by atoms with Crippen LogP contribution in [0.1, 0.15) is 32.8 Å². The average molecular weight is 331 g/mol. The number of carbonyl (C=O) groups excluding carboxylic acids is 1. The summed E-state index contributed by atoms with van der Waals surface area (Å²) < 4.78 is 18.2. The highest BCUT2D eigenvalue weighted by Gasteiger charge is 2.18. The molecule has 0 atom stereocenters. The molecule has 0 saturated carbocycles. The molecule has 124 valence electrons. The minimum absolute atomic E-state index is 0.325. The van der Waals surface area contributed by atoms with Crippen molar-refractivity contribution in [2.45, 2.75) is 39.3 Å². The number of carbonyl (C=O) groups is 1. The third-order valence-corrected chi connectivity index (χ3v) is 3.23. The van der Waals surface area contributed by atoms with E-state index >= 15 is 0 Å². The molecule has 0 bridgehead atoms. The molecule has 4 nitrogen and oxygen atoms in total. The Balaban J connectivity index is 2.24. The van der Waals surface area contributed by atoms with Crippen LogP contribution in [0, 0.1) is 5.82 Å². The summed E-state index contributed by atoms with van der Waals surface area (Å²) in [6, 6.07) is 4.35. The second-order valence-corrected chi connectivity index (χ2v) is 6.58. The fourth-order valence-corrected chi connectivity index (χ4v) is 1.99. The highest BCUT2D eigenvalue weighted by molar-refractivity contribution is 6.31. The lowest BCUT2D eigenvalue weighted by Gasteiger charge is -2.24. The van der Waals surface area contributed by atoms with E-state index in [2.05, 4.69) is 5.32 Å². The van der Waals surface area contributed by atoms with Gasteiger partial charge in [0.1, 0.15) is 11.4 Å². The molecule has 0 radical (unpaired) electrons. The molecule has 0 aliphatic carbocycles. The Hall–Kier alpha value is -1.33. The summed E-state index contributed by atoms with van der Waals surface area (Å²) in [4.78, 5) is 13.3. The lowest BCUT2D eigenvalue weighted by molar-refractivity contribution is 0.0297. The summed E-state index contributed by atoms with van der Waals surface area (Å²) in [5.74, 6) is -0.340. The Morgan fingerprint density at radius 2 is 2.09 bits per heavy atom. The molecule has 0 spiro atoms. The number of amides is 1. The molecule has 0 aliphatic rings. The lowest BCUT2D eigenvalue weighted by Crippen LogP contribution is -2.35. The van der Waals surface area contributed by atoms with Crippen molar-refractivity contribution in [1.82, 2.24) is 10.2 Å². The third-order valence-electron chi connectivity index (χ3n) is 2.88. The summed E-state index contributed by atoms with van der Waals surface area (Å²) in [5, 5.41) is 3.63. The van der Waals surface area contributed by atoms with E-state index < -0.39 is 5.60 Å². The van der Waals surface area contributed by atoms with Gasteiger partial charge in [-0.2, -0.15) is 0 Å². The number of halogens is 2. The molecule has 0 aromatic heterocycles. The van der Waals surface area contributed by atoms with Crippen LogP contribution in [0.2, 0.25) is 5.02 Å². The van der Waals surface area contributed by atoms with E-state index in [1.165, 1.54) is 12.1 Å². The van der Waals surface area contributed by atoms with E-state index in [0.717, 1.165) is 18.5 Å². The van der Waals surface area contributed by atoms with Crippen molar-refractivity contribution >= 4 is 17.7 Å². The molecule has 1 N–H and O–H groups in total. The number of nitrogens with one attached hydrogen (secondary N) is 1. The maximum atomic E-state index is 12.9. The van der Waals surface area contributed by atoms with Crippen molar-refractivity contribution in [2.24, 2.45) is 0 Å². The van der Waals surface area contributed by atoms with Crippen molar-refractivity contribution in [3.05, 3.63) is 34.6 Å². The molecule has 1 aromatic carbocycles. The Kier molecular flexibility index (Phi) is 7.10. The summed E-state index contributed by atoms with van der Waals surface area (Å²) in [7, 11) is 1.71. The van der Waals surface area contributed by atoms with E-state index in [0.29, 0.717) is 18.1 Å². The molecule has 0 unspecified atom stereocenters. The zero-order chi connectivity index (χ0) is 16.8. The van der Waals surface area contributed by atoms with Crippen LogP contribution in [0.4, 0.5) is 9.18 Å². The van der Waals surface area contributed by atoms with Gasteiger partial charge in [-0.3, -0.25) is 0 Å². The summed E-state index contributed by atoms with van der Waals surface area (Å²) in [5.41, 5.74) is 0.367. The molecule has 0 fully saturated rings. The molecular weight excluding hydrogens is 307 g/mol. The van der Waals surface area contributed by atoms with Gasteiger partial charge in [-0.15, -0.1) is 0 Å². The molecule has 1 rings (SSSR count). The van der Waals surface area contributed by atoms with Gasteiger partial charge < -0.3 is 15.0 Å². The second kappa shape index (κ2) is 8.34. The fourth-order valence-electron chi connectivity index (χ4n) is 1.76. The van der Waals surface area contributed by atoms with Crippen molar-refractivity contribution in [2.75, 3.05) is 20.1 Å². The van der Waals surface area contributed by atoms with Gasteiger partial charge in [0.15, 0.2) is 0 Å². The first-order valence-electron chi connectivity index (χ1n) is 7.28. The predicted octanol–water partition coefficient (Wildman–Crippen LogP) is 3.83. The fraction of sp³-hybridized carbons (Fsp3) is 0.562. The Morgan fingerprint density at radius 1 is 1.41 bits per heavy atom. The number of hydrogen-bond acceptors (Lipinski definition) is 3. The molecular formula is C16H24ClFN2O2. The standard InChI is InChI=1S/C16H24ClFN2O2/c1-16(2,3)22-15(21)20(4)9-5-8-19-11-12-6-7-13(18)10-14(12)17/h6-7,10,19H,5,8-9,11H2,1-4H3. The summed E-state index contributed by atoms with van der Waals surface area (Å²) >= 11 is 5.95. The molecule has 6 heteroatoms. The Bertz CT molecular complexity index is 503. The van der Waals surface area contributed by atoms with E-state index in [-0.39, 0.29) is 11.9 Å². The molecule has 0 aliphatic heterocycles. The van der Waals surface area contributed by atoms with E-state index in [9.17, 15) is 9.18 Å². The SMILES string of the molecule is CN(CCCNCc1ccc(F)cc1Cl)C(=O)OC(C)(C)C. The molecule has 1 amide bonds. The molecule has 0 saturated heterocycles. The monoisotopic (exact) mass is 330 g/mol. The largest absolute Gasteiger partial charge is 0.444 e. The van der Waals surface area contributed by atoms with E-state index in [1.54, 1.807) is 18.0 Å². The summed E-state index contributed by atoms with van der Waals surface area (Å²) in [6.45, 7) is 7.40. The van der Waals surface area contributed by atoms with Crippen molar-refractivity contribution in [1.29, 1.82) is 0 Å². The molecule has 0 heterocycles. The van der Waals surface area contributed by atoms with Crippen LogP contribution in [0.25, 0.3) is 0 Å². The minimum atomic E-state index is -0.483. The average Bonchev–Trinajstić information content (AvgIpc) is 2.38. The van der Waals surface area contributed by atoms with Crippen LogP contribution in [-0.2, 0) is 11.3 Å². The van der Waals surface area contributed by atoms with Gasteiger partial charge >= 0.3 is 6.09 Å². The van der Waals surface area contributed by atoms with Gasteiger partial charge in [-0.05, 0) is 51.4 Å². The lowest BCUT2D eigenvalue weighted by atomic mass is 10.2. The van der Waals surface area contributed by atoms with Crippen LogP contribution in [0.3, 0.4) is 0 Å². The van der Waals surface area contributed by atoms with Gasteiger partial charge in [0.25, 0.3) is 0 Å². The number of ether oxygens (including phenoxy) is 1. The zero-order valence-corrected chi connectivity index (χ0v) is 14.3. The first-order valence-corrected chi connectivity index (χ1v) is 7.65. The van der Waals surface area contributed by atoms with Crippen LogP contribution >= 0.6 is 11.6 Å². The number of nitrogens with zero attached hydrogens (tertiary/aromatic N) is 1. The summed E-state index contributed by atoms with van der Waals surface area (Å²) in [6.07, 6.45) is 0.461. The van der Waals surface area contributed by atoms with E-state index in [1.807, 2.05) is 20.8 Å². The molecule has 1 aromatic rings. The van der Waals surface area contributed by atoms with Gasteiger partial charge in [-0.25, -0.2) is 9.18 Å². The highest BCUT2D eigenvalue weighted by atomic mass is 35.5. The second-order valence-electron chi connectivity index (χ2n) is 6.17. The first kappa shape index (κ1) is 18.7. The van der Waals surface area contributed by atoms with Gasteiger partial charge in [-0.1, -0.05) is 17.7 Å². The van der Waals surface area contributed by atoms with Crippen LogP contribution in [0.5, 0.6) is 0 Å².